The molecule has 7 heteroatoms. The maximum atomic E-state index is 5.86. The summed E-state index contributed by atoms with van der Waals surface area (Å²) in [6, 6.07) is 4.13. The van der Waals surface area contributed by atoms with Gasteiger partial charge in [0.2, 0.25) is 0 Å². The van der Waals surface area contributed by atoms with Gasteiger partial charge in [0.15, 0.2) is 11.5 Å². The van der Waals surface area contributed by atoms with E-state index < -0.39 is 0 Å². The van der Waals surface area contributed by atoms with Crippen molar-refractivity contribution >= 4 is 11.5 Å². The van der Waals surface area contributed by atoms with Gasteiger partial charge in [0, 0.05) is 31.6 Å². The Labute approximate surface area is 174 Å². The zero-order chi connectivity index (χ0) is 20.6. The van der Waals surface area contributed by atoms with Crippen LogP contribution in [0.25, 0.3) is 5.65 Å². The quantitative estimate of drug-likeness (QED) is 0.786. The molecular formula is C22H36N6O. The van der Waals surface area contributed by atoms with Gasteiger partial charge in [-0.3, -0.25) is 4.90 Å². The number of hydrogen-bond donors (Lipinski definition) is 0. The molecule has 0 aliphatic carbocycles. The standard InChI is InChI=1S/C22H36N6O/c1-16-14-26(15-17(2)29-16)11-8-18-9-12-27(13-10-18)20-7-6-19-23-24-21(22(3,4)5)28(19)25-20/h6-7,16-18H,8-15H2,1-5H3. The number of hydrogen-bond acceptors (Lipinski definition) is 6. The first-order valence-corrected chi connectivity index (χ1v) is 11.2. The molecule has 2 unspecified atom stereocenters. The van der Waals surface area contributed by atoms with Crippen LogP contribution in [0.4, 0.5) is 5.82 Å². The van der Waals surface area contributed by atoms with E-state index in [9.17, 15) is 0 Å². The number of nitrogens with zero attached hydrogens (tertiary/aromatic N) is 6. The number of morpholine rings is 1. The summed E-state index contributed by atoms with van der Waals surface area (Å²) in [5, 5.41) is 13.5. The Hall–Kier alpha value is -1.73. The van der Waals surface area contributed by atoms with Crippen molar-refractivity contribution in [2.24, 2.45) is 5.92 Å². The highest BCUT2D eigenvalue weighted by molar-refractivity contribution is 5.46. The smallest absolute Gasteiger partial charge is 0.178 e. The SMILES string of the molecule is CC1CN(CCC2CCN(c3ccc4nnc(C(C)(C)C)n4n3)CC2)CC(C)O1. The third kappa shape index (κ3) is 4.72. The number of fused-ring (bicyclic) bond motifs is 1. The van der Waals surface area contributed by atoms with Crippen LogP contribution in [-0.2, 0) is 10.2 Å². The van der Waals surface area contributed by atoms with E-state index >= 15 is 0 Å². The number of rotatable bonds is 4. The van der Waals surface area contributed by atoms with Crippen molar-refractivity contribution in [2.45, 2.75) is 71.5 Å². The van der Waals surface area contributed by atoms with Gasteiger partial charge in [-0.1, -0.05) is 20.8 Å². The summed E-state index contributed by atoms with van der Waals surface area (Å²) in [6.45, 7) is 16.3. The zero-order valence-corrected chi connectivity index (χ0v) is 18.6. The molecule has 0 bridgehead atoms. The molecule has 160 valence electrons. The second-order valence-electron chi connectivity index (χ2n) is 9.97. The lowest BCUT2D eigenvalue weighted by Crippen LogP contribution is -2.46. The molecule has 2 aliphatic rings. The van der Waals surface area contributed by atoms with Gasteiger partial charge >= 0.3 is 0 Å². The number of aromatic nitrogens is 4. The molecule has 2 aromatic rings. The third-order valence-corrected chi connectivity index (χ3v) is 6.21. The van der Waals surface area contributed by atoms with Crippen LogP contribution in [0.2, 0.25) is 0 Å². The van der Waals surface area contributed by atoms with Crippen molar-refractivity contribution < 1.29 is 4.74 Å². The first kappa shape index (κ1) is 20.5. The van der Waals surface area contributed by atoms with Gasteiger partial charge in [0.05, 0.1) is 12.2 Å². The molecule has 4 heterocycles. The highest BCUT2D eigenvalue weighted by Gasteiger charge is 2.26. The Morgan fingerprint density at radius 1 is 1.03 bits per heavy atom. The van der Waals surface area contributed by atoms with Gasteiger partial charge < -0.3 is 9.64 Å². The van der Waals surface area contributed by atoms with Crippen molar-refractivity contribution in [1.82, 2.24) is 24.7 Å². The summed E-state index contributed by atoms with van der Waals surface area (Å²) in [5.74, 6) is 2.76. The lowest BCUT2D eigenvalue weighted by Gasteiger charge is -2.37. The lowest BCUT2D eigenvalue weighted by molar-refractivity contribution is -0.0690. The Morgan fingerprint density at radius 2 is 1.72 bits per heavy atom. The van der Waals surface area contributed by atoms with Gasteiger partial charge in [-0.25, -0.2) is 0 Å². The van der Waals surface area contributed by atoms with Crippen molar-refractivity contribution in [3.63, 3.8) is 0 Å². The minimum atomic E-state index is -0.0769. The molecule has 4 rings (SSSR count). The van der Waals surface area contributed by atoms with E-state index in [1.54, 1.807) is 0 Å². The summed E-state index contributed by atoms with van der Waals surface area (Å²) >= 11 is 0. The summed E-state index contributed by atoms with van der Waals surface area (Å²) < 4.78 is 7.78. The molecule has 0 amide bonds. The van der Waals surface area contributed by atoms with Gasteiger partial charge in [0.25, 0.3) is 0 Å². The molecule has 29 heavy (non-hydrogen) atoms. The Morgan fingerprint density at radius 3 is 2.38 bits per heavy atom. The van der Waals surface area contributed by atoms with E-state index in [0.717, 1.165) is 49.4 Å². The Bertz CT molecular complexity index is 810. The zero-order valence-electron chi connectivity index (χ0n) is 18.6. The molecular weight excluding hydrogens is 364 g/mol. The fourth-order valence-electron chi connectivity index (χ4n) is 4.70. The second-order valence-corrected chi connectivity index (χ2v) is 9.97. The monoisotopic (exact) mass is 400 g/mol. The van der Waals surface area contributed by atoms with Crippen molar-refractivity contribution in [3.8, 4) is 0 Å². The second kappa shape index (κ2) is 8.19. The molecule has 0 spiro atoms. The van der Waals surface area contributed by atoms with E-state index in [2.05, 4.69) is 60.7 Å². The van der Waals surface area contributed by atoms with E-state index in [4.69, 9.17) is 9.84 Å². The van der Waals surface area contributed by atoms with E-state index in [0.29, 0.717) is 12.2 Å². The average Bonchev–Trinajstić information content (AvgIpc) is 3.10. The number of anilines is 1. The molecule has 0 aromatic carbocycles. The largest absolute Gasteiger partial charge is 0.373 e. The van der Waals surface area contributed by atoms with Crippen LogP contribution >= 0.6 is 0 Å². The van der Waals surface area contributed by atoms with Gasteiger partial charge in [-0.05, 0) is 57.7 Å². The highest BCUT2D eigenvalue weighted by atomic mass is 16.5. The van der Waals surface area contributed by atoms with E-state index in [-0.39, 0.29) is 5.41 Å². The summed E-state index contributed by atoms with van der Waals surface area (Å²) in [7, 11) is 0. The normalized spacial score (nSPS) is 25.1. The van der Waals surface area contributed by atoms with Crippen LogP contribution in [0.15, 0.2) is 12.1 Å². The maximum Gasteiger partial charge on any atom is 0.178 e. The van der Waals surface area contributed by atoms with Gasteiger partial charge in [0.1, 0.15) is 5.82 Å². The Balaban J connectivity index is 1.33. The maximum absolute atomic E-state index is 5.86. The first-order chi connectivity index (χ1) is 13.8. The van der Waals surface area contributed by atoms with Crippen molar-refractivity contribution in [3.05, 3.63) is 18.0 Å². The first-order valence-electron chi connectivity index (χ1n) is 11.2. The molecule has 2 fully saturated rings. The summed E-state index contributed by atoms with van der Waals surface area (Å²) in [6.07, 6.45) is 4.49. The van der Waals surface area contributed by atoms with E-state index in [1.165, 1.54) is 25.8 Å². The van der Waals surface area contributed by atoms with E-state index in [1.807, 2.05) is 10.6 Å². The molecule has 2 saturated heterocycles. The molecule has 7 nitrogen and oxygen atoms in total. The number of piperidine rings is 1. The van der Waals surface area contributed by atoms with Gasteiger partial charge in [-0.2, -0.15) is 4.52 Å². The van der Waals surface area contributed by atoms with Gasteiger partial charge in [-0.15, -0.1) is 15.3 Å². The molecule has 2 atom stereocenters. The minimum absolute atomic E-state index is 0.0769. The molecule has 0 radical (unpaired) electrons. The van der Waals surface area contributed by atoms with Crippen LogP contribution < -0.4 is 4.90 Å². The van der Waals surface area contributed by atoms with Crippen LogP contribution in [0.5, 0.6) is 0 Å². The predicted molar refractivity (Wildman–Crippen MR) is 115 cm³/mol. The fraction of sp³-hybridized carbons (Fsp3) is 0.773. The minimum Gasteiger partial charge on any atom is -0.373 e. The summed E-state index contributed by atoms with van der Waals surface area (Å²) in [4.78, 5) is 5.00. The fourth-order valence-corrected chi connectivity index (χ4v) is 4.70. The van der Waals surface area contributed by atoms with Crippen LogP contribution in [0, 0.1) is 5.92 Å². The van der Waals surface area contributed by atoms with Crippen LogP contribution in [-0.4, -0.2) is 69.6 Å². The Kier molecular flexibility index (Phi) is 5.80. The molecule has 0 saturated carbocycles. The molecule has 2 aliphatic heterocycles. The molecule has 0 N–H and O–H groups in total. The third-order valence-electron chi connectivity index (χ3n) is 6.21. The predicted octanol–water partition coefficient (Wildman–Crippen LogP) is 3.14. The average molecular weight is 401 g/mol. The summed E-state index contributed by atoms with van der Waals surface area (Å²) in [5.41, 5.74) is 0.745. The molecule has 2 aromatic heterocycles. The topological polar surface area (TPSA) is 58.8 Å². The number of ether oxygens (including phenoxy) is 1. The highest BCUT2D eigenvalue weighted by Crippen LogP contribution is 2.26. The van der Waals surface area contributed by atoms with Crippen molar-refractivity contribution in [2.75, 3.05) is 37.6 Å². The van der Waals surface area contributed by atoms with Crippen LogP contribution in [0.1, 0.15) is 59.7 Å². The van der Waals surface area contributed by atoms with Crippen LogP contribution in [0.3, 0.4) is 0 Å². The lowest BCUT2D eigenvalue weighted by atomic mass is 9.93. The van der Waals surface area contributed by atoms with Crippen molar-refractivity contribution in [1.29, 1.82) is 0 Å².